The first-order valence-electron chi connectivity index (χ1n) is 9.21. The largest absolute Gasteiger partial charge is 0.378 e. The highest BCUT2D eigenvalue weighted by atomic mass is 32.1. The summed E-state index contributed by atoms with van der Waals surface area (Å²) in [6, 6.07) is 7.38. The number of hydrogen-bond acceptors (Lipinski definition) is 4. The monoisotopic (exact) mass is 415 g/mol. The van der Waals surface area contributed by atoms with Crippen LogP contribution in [0, 0.1) is 30.4 Å². The lowest BCUT2D eigenvalue weighted by Gasteiger charge is -2.13. The molecular formula is C22H23F2N3OS. The minimum absolute atomic E-state index is 0.0136. The molecule has 3 rings (SSSR count). The van der Waals surface area contributed by atoms with E-state index in [2.05, 4.69) is 22.3 Å². The Morgan fingerprint density at radius 3 is 2.72 bits per heavy atom. The van der Waals surface area contributed by atoms with Crippen LogP contribution in [0.2, 0.25) is 0 Å². The molecule has 152 valence electrons. The van der Waals surface area contributed by atoms with E-state index in [1.54, 1.807) is 31.4 Å². The lowest BCUT2D eigenvalue weighted by molar-refractivity contribution is 0.143. The number of aromatic nitrogens is 2. The quantitative estimate of drug-likeness (QED) is 0.604. The summed E-state index contributed by atoms with van der Waals surface area (Å²) >= 11 is 1.57. The maximum absolute atomic E-state index is 14.1. The molecule has 0 saturated heterocycles. The highest BCUT2D eigenvalue weighted by Gasteiger charge is 2.16. The van der Waals surface area contributed by atoms with Crippen molar-refractivity contribution >= 4 is 11.3 Å². The zero-order valence-electron chi connectivity index (χ0n) is 16.8. The third kappa shape index (κ3) is 5.30. The van der Waals surface area contributed by atoms with Gasteiger partial charge in [0.1, 0.15) is 17.1 Å². The Hall–Kier alpha value is -2.53. The SMILES string of the molecule is Cc1c([C@@H](C)NCc2ccc(C#CC(C)(C)O)s2)cnn1-c1ccc(F)cc1F. The van der Waals surface area contributed by atoms with Gasteiger partial charge in [-0.25, -0.2) is 13.5 Å². The van der Waals surface area contributed by atoms with E-state index in [4.69, 9.17) is 0 Å². The molecule has 2 heterocycles. The maximum atomic E-state index is 14.1. The molecule has 0 aliphatic carbocycles. The van der Waals surface area contributed by atoms with E-state index >= 15 is 0 Å². The maximum Gasteiger partial charge on any atom is 0.151 e. The average molecular weight is 416 g/mol. The van der Waals surface area contributed by atoms with Crippen LogP contribution in [0.4, 0.5) is 8.78 Å². The molecule has 0 saturated carbocycles. The van der Waals surface area contributed by atoms with Crippen molar-refractivity contribution in [3.05, 3.63) is 69.2 Å². The van der Waals surface area contributed by atoms with E-state index in [1.165, 1.54) is 16.8 Å². The van der Waals surface area contributed by atoms with Gasteiger partial charge in [-0.05, 0) is 52.0 Å². The molecule has 0 spiro atoms. The topological polar surface area (TPSA) is 50.1 Å². The molecule has 0 amide bonds. The summed E-state index contributed by atoms with van der Waals surface area (Å²) in [4.78, 5) is 2.01. The second-order valence-electron chi connectivity index (χ2n) is 7.37. The Labute approximate surface area is 173 Å². The smallest absolute Gasteiger partial charge is 0.151 e. The summed E-state index contributed by atoms with van der Waals surface area (Å²) in [5.74, 6) is 4.52. The summed E-state index contributed by atoms with van der Waals surface area (Å²) in [6.07, 6.45) is 1.70. The first-order valence-corrected chi connectivity index (χ1v) is 10.0. The van der Waals surface area contributed by atoms with Gasteiger partial charge in [0.2, 0.25) is 0 Å². The molecule has 0 aliphatic heterocycles. The molecule has 2 aromatic heterocycles. The fraction of sp³-hybridized carbons (Fsp3) is 0.318. The van der Waals surface area contributed by atoms with Crippen molar-refractivity contribution in [3.63, 3.8) is 0 Å². The number of aliphatic hydroxyl groups is 1. The van der Waals surface area contributed by atoms with Gasteiger partial charge in [-0.15, -0.1) is 11.3 Å². The minimum atomic E-state index is -1.02. The van der Waals surface area contributed by atoms with Gasteiger partial charge in [-0.1, -0.05) is 11.8 Å². The number of rotatable bonds is 5. The molecular weight excluding hydrogens is 392 g/mol. The van der Waals surface area contributed by atoms with Crippen molar-refractivity contribution in [2.45, 2.75) is 45.9 Å². The van der Waals surface area contributed by atoms with Crippen LogP contribution in [0.3, 0.4) is 0 Å². The third-order valence-electron chi connectivity index (χ3n) is 4.39. The lowest BCUT2D eigenvalue weighted by Crippen LogP contribution is -2.18. The fourth-order valence-electron chi connectivity index (χ4n) is 2.86. The van der Waals surface area contributed by atoms with E-state index < -0.39 is 17.2 Å². The van der Waals surface area contributed by atoms with Gasteiger partial charge in [-0.2, -0.15) is 5.10 Å². The van der Waals surface area contributed by atoms with E-state index in [0.717, 1.165) is 27.1 Å². The number of benzene rings is 1. The Morgan fingerprint density at radius 1 is 1.28 bits per heavy atom. The van der Waals surface area contributed by atoms with Crippen LogP contribution in [0.1, 0.15) is 47.8 Å². The van der Waals surface area contributed by atoms with Crippen molar-refractivity contribution in [2.24, 2.45) is 0 Å². The van der Waals surface area contributed by atoms with E-state index in [9.17, 15) is 13.9 Å². The number of thiophene rings is 1. The van der Waals surface area contributed by atoms with Crippen molar-refractivity contribution in [1.82, 2.24) is 15.1 Å². The predicted molar refractivity (Wildman–Crippen MR) is 111 cm³/mol. The second-order valence-corrected chi connectivity index (χ2v) is 8.54. The molecule has 0 bridgehead atoms. The Kier molecular flexibility index (Phi) is 6.18. The van der Waals surface area contributed by atoms with Gasteiger partial charge in [0, 0.05) is 34.8 Å². The zero-order valence-corrected chi connectivity index (χ0v) is 17.6. The van der Waals surface area contributed by atoms with Crippen molar-refractivity contribution in [2.75, 3.05) is 0 Å². The number of hydrogen-bond donors (Lipinski definition) is 2. The third-order valence-corrected chi connectivity index (χ3v) is 5.39. The summed E-state index contributed by atoms with van der Waals surface area (Å²) in [5, 5.41) is 17.4. The summed E-state index contributed by atoms with van der Waals surface area (Å²) in [7, 11) is 0. The van der Waals surface area contributed by atoms with Gasteiger partial charge < -0.3 is 10.4 Å². The second kappa shape index (κ2) is 8.46. The van der Waals surface area contributed by atoms with Crippen LogP contribution in [0.25, 0.3) is 5.69 Å². The summed E-state index contributed by atoms with van der Waals surface area (Å²) in [6.45, 7) is 7.82. The number of nitrogens with zero attached hydrogens (tertiary/aromatic N) is 2. The van der Waals surface area contributed by atoms with Gasteiger partial charge in [0.05, 0.1) is 11.1 Å². The summed E-state index contributed by atoms with van der Waals surface area (Å²) < 4.78 is 28.7. The average Bonchev–Trinajstić information content (AvgIpc) is 3.24. The van der Waals surface area contributed by atoms with E-state index in [1.807, 2.05) is 26.0 Å². The fourth-order valence-corrected chi connectivity index (χ4v) is 3.67. The van der Waals surface area contributed by atoms with E-state index in [0.29, 0.717) is 6.54 Å². The first-order chi connectivity index (χ1) is 13.6. The van der Waals surface area contributed by atoms with Crippen LogP contribution >= 0.6 is 11.3 Å². The predicted octanol–water partition coefficient (Wildman–Crippen LogP) is 4.49. The Bertz CT molecular complexity index is 1070. The van der Waals surface area contributed by atoms with Crippen molar-refractivity contribution in [3.8, 4) is 17.5 Å². The molecule has 0 aliphatic rings. The van der Waals surface area contributed by atoms with Crippen LogP contribution in [-0.2, 0) is 6.54 Å². The minimum Gasteiger partial charge on any atom is -0.378 e. The molecule has 1 atom stereocenters. The van der Waals surface area contributed by atoms with Crippen LogP contribution in [-0.4, -0.2) is 20.5 Å². The van der Waals surface area contributed by atoms with Gasteiger partial charge >= 0.3 is 0 Å². The Morgan fingerprint density at radius 2 is 2.03 bits per heavy atom. The molecule has 3 aromatic rings. The molecule has 4 nitrogen and oxygen atoms in total. The molecule has 0 fully saturated rings. The zero-order chi connectivity index (χ0) is 21.2. The highest BCUT2D eigenvalue weighted by molar-refractivity contribution is 7.12. The molecule has 1 aromatic carbocycles. The first kappa shape index (κ1) is 21.2. The van der Waals surface area contributed by atoms with Crippen molar-refractivity contribution in [1.29, 1.82) is 0 Å². The molecule has 0 unspecified atom stereocenters. The normalized spacial score (nSPS) is 12.5. The molecule has 2 N–H and O–H groups in total. The lowest BCUT2D eigenvalue weighted by atomic mass is 10.1. The van der Waals surface area contributed by atoms with Crippen LogP contribution < -0.4 is 5.32 Å². The number of halogens is 2. The van der Waals surface area contributed by atoms with Crippen LogP contribution in [0.5, 0.6) is 0 Å². The van der Waals surface area contributed by atoms with Gasteiger partial charge in [0.15, 0.2) is 5.82 Å². The number of nitrogens with one attached hydrogen (secondary N) is 1. The standard InChI is InChI=1S/C22H23F2N3OS/c1-14(25-12-18-7-6-17(29-18)9-10-22(3,4)28)19-13-26-27(15(19)2)21-8-5-16(23)11-20(21)24/h5-8,11,13-14,25,28H,12H2,1-4H3/t14-/m1/s1. The van der Waals surface area contributed by atoms with E-state index in [-0.39, 0.29) is 11.7 Å². The molecule has 29 heavy (non-hydrogen) atoms. The Balaban J connectivity index is 1.69. The molecule has 7 heteroatoms. The molecule has 0 radical (unpaired) electrons. The highest BCUT2D eigenvalue weighted by Crippen LogP contribution is 2.23. The van der Waals surface area contributed by atoms with Gasteiger partial charge in [-0.3, -0.25) is 0 Å². The van der Waals surface area contributed by atoms with Gasteiger partial charge in [0.25, 0.3) is 0 Å². The van der Waals surface area contributed by atoms with Crippen LogP contribution in [0.15, 0.2) is 36.5 Å². The van der Waals surface area contributed by atoms with Crippen molar-refractivity contribution < 1.29 is 13.9 Å². The summed E-state index contributed by atoms with van der Waals surface area (Å²) in [5.41, 5.74) is 0.930.